The highest BCUT2D eigenvalue weighted by Gasteiger charge is 2.26. The molecule has 1 aliphatic rings. The summed E-state index contributed by atoms with van der Waals surface area (Å²) in [4.78, 5) is 14.1. The van der Waals surface area contributed by atoms with Crippen LogP contribution in [-0.2, 0) is 4.74 Å². The monoisotopic (exact) mass is 298 g/mol. The highest BCUT2D eigenvalue weighted by molar-refractivity contribution is 5.68. The first-order valence-corrected chi connectivity index (χ1v) is 8.55. The summed E-state index contributed by atoms with van der Waals surface area (Å²) in [5.41, 5.74) is -0.416. The normalized spacial score (nSPS) is 21.8. The van der Waals surface area contributed by atoms with E-state index in [2.05, 4.69) is 19.2 Å². The summed E-state index contributed by atoms with van der Waals surface area (Å²) in [7, 11) is 0. The number of ether oxygens (including phenoxy) is 1. The minimum absolute atomic E-state index is 0.169. The van der Waals surface area contributed by atoms with Gasteiger partial charge in [-0.3, -0.25) is 0 Å². The highest BCUT2D eigenvalue weighted by atomic mass is 16.6. The number of carbonyl (C=O) groups excluding carboxylic acids is 1. The van der Waals surface area contributed by atoms with Crippen molar-refractivity contribution in [3.05, 3.63) is 0 Å². The van der Waals surface area contributed by atoms with Gasteiger partial charge in [0.05, 0.1) is 0 Å². The van der Waals surface area contributed by atoms with Crippen molar-refractivity contribution >= 4 is 6.09 Å². The van der Waals surface area contributed by atoms with Gasteiger partial charge in [-0.15, -0.1) is 0 Å². The van der Waals surface area contributed by atoms with Gasteiger partial charge in [0.2, 0.25) is 0 Å². The van der Waals surface area contributed by atoms with E-state index in [0.717, 1.165) is 25.9 Å². The Labute approximate surface area is 130 Å². The zero-order chi connectivity index (χ0) is 15.9. The molecule has 0 radical (unpaired) electrons. The molecule has 1 fully saturated rings. The lowest BCUT2D eigenvalue weighted by Crippen LogP contribution is -2.46. The summed E-state index contributed by atoms with van der Waals surface area (Å²) in [6.07, 6.45) is 6.93. The molecule has 0 aromatic carbocycles. The first-order valence-electron chi connectivity index (χ1n) is 8.55. The van der Waals surface area contributed by atoms with E-state index in [0.29, 0.717) is 12.1 Å². The van der Waals surface area contributed by atoms with Crippen LogP contribution in [0.2, 0.25) is 0 Å². The molecule has 21 heavy (non-hydrogen) atoms. The number of hydrogen-bond acceptors (Lipinski definition) is 3. The second kappa shape index (κ2) is 8.62. The smallest absolute Gasteiger partial charge is 0.410 e. The predicted molar refractivity (Wildman–Crippen MR) is 87.6 cm³/mol. The fourth-order valence-electron chi connectivity index (χ4n) is 2.77. The lowest BCUT2D eigenvalue weighted by Gasteiger charge is -2.29. The van der Waals surface area contributed by atoms with Gasteiger partial charge < -0.3 is 15.0 Å². The van der Waals surface area contributed by atoms with Crippen LogP contribution in [0, 0.1) is 0 Å². The Morgan fingerprint density at radius 1 is 1.38 bits per heavy atom. The largest absolute Gasteiger partial charge is 0.444 e. The van der Waals surface area contributed by atoms with Crippen molar-refractivity contribution in [2.45, 2.75) is 90.8 Å². The number of likely N-dealkylation sites (tertiary alicyclic amines) is 1. The Balaban J connectivity index is 2.50. The van der Waals surface area contributed by atoms with Gasteiger partial charge in [-0.1, -0.05) is 26.2 Å². The molecule has 1 aliphatic heterocycles. The zero-order valence-electron chi connectivity index (χ0n) is 14.6. The van der Waals surface area contributed by atoms with Crippen molar-refractivity contribution in [2.24, 2.45) is 0 Å². The summed E-state index contributed by atoms with van der Waals surface area (Å²) in [5.74, 6) is 0. The summed E-state index contributed by atoms with van der Waals surface area (Å²) < 4.78 is 5.51. The second-order valence-corrected chi connectivity index (χ2v) is 7.33. The Morgan fingerprint density at radius 2 is 2.10 bits per heavy atom. The maximum Gasteiger partial charge on any atom is 0.410 e. The van der Waals surface area contributed by atoms with Crippen molar-refractivity contribution in [3.63, 3.8) is 0 Å². The average molecular weight is 298 g/mol. The van der Waals surface area contributed by atoms with E-state index >= 15 is 0 Å². The molecule has 0 bridgehead atoms. The predicted octanol–water partition coefficient (Wildman–Crippen LogP) is 3.94. The van der Waals surface area contributed by atoms with Crippen molar-refractivity contribution in [2.75, 3.05) is 13.1 Å². The van der Waals surface area contributed by atoms with Crippen molar-refractivity contribution in [3.8, 4) is 0 Å². The SMILES string of the molecule is CCCCC(C)NC1CCCCN(C(=O)OC(C)(C)C)C1. The molecule has 4 heteroatoms. The number of hydrogen-bond donors (Lipinski definition) is 1. The quantitative estimate of drug-likeness (QED) is 0.835. The topological polar surface area (TPSA) is 41.6 Å². The fourth-order valence-corrected chi connectivity index (χ4v) is 2.77. The molecule has 4 nitrogen and oxygen atoms in total. The number of nitrogens with zero attached hydrogens (tertiary/aromatic N) is 1. The van der Waals surface area contributed by atoms with Crippen LogP contribution in [0.5, 0.6) is 0 Å². The number of amides is 1. The number of carbonyl (C=O) groups is 1. The minimum atomic E-state index is -0.416. The molecule has 1 N–H and O–H groups in total. The molecule has 2 unspecified atom stereocenters. The summed E-state index contributed by atoms with van der Waals surface area (Å²) in [5, 5.41) is 3.69. The Hall–Kier alpha value is -0.770. The number of rotatable bonds is 5. The van der Waals surface area contributed by atoms with E-state index in [4.69, 9.17) is 4.74 Å². The van der Waals surface area contributed by atoms with E-state index < -0.39 is 5.60 Å². The lowest BCUT2D eigenvalue weighted by atomic mass is 10.1. The number of unbranched alkanes of at least 4 members (excludes halogenated alkanes) is 1. The lowest BCUT2D eigenvalue weighted by molar-refractivity contribution is 0.0242. The molecular weight excluding hydrogens is 264 g/mol. The van der Waals surface area contributed by atoms with Crippen LogP contribution < -0.4 is 5.32 Å². The molecule has 1 amide bonds. The van der Waals surface area contributed by atoms with Gasteiger partial charge in [0.15, 0.2) is 0 Å². The molecule has 0 aromatic rings. The van der Waals surface area contributed by atoms with E-state index in [9.17, 15) is 4.79 Å². The Morgan fingerprint density at radius 3 is 2.71 bits per heavy atom. The van der Waals surface area contributed by atoms with Crippen LogP contribution in [0.25, 0.3) is 0 Å². The summed E-state index contributed by atoms with van der Waals surface area (Å²) in [6.45, 7) is 11.8. The van der Waals surface area contributed by atoms with E-state index in [1.807, 2.05) is 25.7 Å². The summed E-state index contributed by atoms with van der Waals surface area (Å²) >= 11 is 0. The third-order valence-corrected chi connectivity index (χ3v) is 3.83. The van der Waals surface area contributed by atoms with E-state index in [1.165, 1.54) is 25.7 Å². The molecule has 1 saturated heterocycles. The average Bonchev–Trinajstić information content (AvgIpc) is 2.60. The molecular formula is C17H34N2O2. The standard InChI is InChI=1S/C17H34N2O2/c1-6-7-10-14(2)18-15-11-8-9-12-19(13-15)16(20)21-17(3,4)5/h14-15,18H,6-13H2,1-5H3. The van der Waals surface area contributed by atoms with Gasteiger partial charge in [-0.2, -0.15) is 0 Å². The van der Waals surface area contributed by atoms with Crippen LogP contribution in [0.3, 0.4) is 0 Å². The number of nitrogens with one attached hydrogen (secondary N) is 1. The van der Waals surface area contributed by atoms with Crippen molar-refractivity contribution in [1.29, 1.82) is 0 Å². The zero-order valence-corrected chi connectivity index (χ0v) is 14.6. The van der Waals surface area contributed by atoms with E-state index in [1.54, 1.807) is 0 Å². The first kappa shape index (κ1) is 18.3. The van der Waals surface area contributed by atoms with Gasteiger partial charge in [-0.05, 0) is 47.0 Å². The molecule has 124 valence electrons. The van der Waals surface area contributed by atoms with E-state index in [-0.39, 0.29) is 6.09 Å². The fraction of sp³-hybridized carbons (Fsp3) is 0.941. The third-order valence-electron chi connectivity index (χ3n) is 3.83. The van der Waals surface area contributed by atoms with Gasteiger partial charge in [0, 0.05) is 25.2 Å². The molecule has 0 saturated carbocycles. The molecule has 0 aromatic heterocycles. The van der Waals surface area contributed by atoms with Crippen LogP contribution >= 0.6 is 0 Å². The second-order valence-electron chi connectivity index (χ2n) is 7.33. The van der Waals surface area contributed by atoms with Gasteiger partial charge in [0.1, 0.15) is 5.60 Å². The van der Waals surface area contributed by atoms with Crippen LogP contribution in [0.4, 0.5) is 4.79 Å². The minimum Gasteiger partial charge on any atom is -0.444 e. The van der Waals surface area contributed by atoms with Gasteiger partial charge in [-0.25, -0.2) is 4.79 Å². The maximum absolute atomic E-state index is 12.2. The van der Waals surface area contributed by atoms with Crippen LogP contribution in [0.1, 0.15) is 73.1 Å². The molecule has 1 rings (SSSR count). The molecule has 2 atom stereocenters. The van der Waals surface area contributed by atoms with Crippen molar-refractivity contribution < 1.29 is 9.53 Å². The first-order chi connectivity index (χ1) is 9.81. The molecule has 1 heterocycles. The van der Waals surface area contributed by atoms with Crippen molar-refractivity contribution in [1.82, 2.24) is 10.2 Å². The highest BCUT2D eigenvalue weighted by Crippen LogP contribution is 2.16. The van der Waals surface area contributed by atoms with Gasteiger partial charge in [0.25, 0.3) is 0 Å². The van der Waals surface area contributed by atoms with Crippen LogP contribution in [0.15, 0.2) is 0 Å². The Kier molecular flexibility index (Phi) is 7.50. The Bertz CT molecular complexity index is 312. The molecule has 0 spiro atoms. The third kappa shape index (κ3) is 7.70. The molecule has 0 aliphatic carbocycles. The maximum atomic E-state index is 12.2. The van der Waals surface area contributed by atoms with Gasteiger partial charge >= 0.3 is 6.09 Å². The van der Waals surface area contributed by atoms with Crippen LogP contribution in [-0.4, -0.2) is 41.8 Å². The summed E-state index contributed by atoms with van der Waals surface area (Å²) in [6, 6.07) is 0.917.